The van der Waals surface area contributed by atoms with Crippen LogP contribution in [0.1, 0.15) is 5.56 Å². The number of aromatic nitrogens is 1. The number of anilines is 1. The molecule has 0 atom stereocenters. The minimum atomic E-state index is -0.478. The highest BCUT2D eigenvalue weighted by atomic mass is 16.6. The molecule has 0 fully saturated rings. The van der Waals surface area contributed by atoms with Crippen LogP contribution in [0.2, 0.25) is 0 Å². The number of pyridine rings is 1. The van der Waals surface area contributed by atoms with Crippen LogP contribution in [-0.4, -0.2) is 9.91 Å². The molecule has 86 valence electrons. The number of hydrogen-bond acceptors (Lipinski definition) is 4. The van der Waals surface area contributed by atoms with Gasteiger partial charge in [0.1, 0.15) is 5.69 Å². The fourth-order valence-corrected chi connectivity index (χ4v) is 1.71. The number of nitrogens with two attached hydrogens (primary N) is 1. The van der Waals surface area contributed by atoms with Gasteiger partial charge in [-0.05, 0) is 30.2 Å². The summed E-state index contributed by atoms with van der Waals surface area (Å²) in [5, 5.41) is 10.8. The van der Waals surface area contributed by atoms with E-state index >= 15 is 0 Å². The van der Waals surface area contributed by atoms with E-state index in [1.165, 1.54) is 6.07 Å². The zero-order chi connectivity index (χ0) is 12.4. The van der Waals surface area contributed by atoms with Gasteiger partial charge < -0.3 is 5.73 Å². The Morgan fingerprint density at radius 1 is 1.41 bits per heavy atom. The second-order valence-corrected chi connectivity index (χ2v) is 3.72. The van der Waals surface area contributed by atoms with Gasteiger partial charge in [0.2, 0.25) is 0 Å². The van der Waals surface area contributed by atoms with Gasteiger partial charge >= 0.3 is 0 Å². The highest BCUT2D eigenvalue weighted by Gasteiger charge is 2.15. The lowest BCUT2D eigenvalue weighted by molar-refractivity contribution is -0.383. The maximum Gasteiger partial charge on any atom is 0.292 e. The predicted octanol–water partition coefficient (Wildman–Crippen LogP) is 2.55. The van der Waals surface area contributed by atoms with Crippen LogP contribution < -0.4 is 5.73 Å². The van der Waals surface area contributed by atoms with E-state index in [1.54, 1.807) is 24.5 Å². The summed E-state index contributed by atoms with van der Waals surface area (Å²) in [6, 6.07) is 6.74. The molecule has 2 aromatic rings. The summed E-state index contributed by atoms with van der Waals surface area (Å²) in [5.74, 6) is 0. The number of nitro groups is 1. The van der Waals surface area contributed by atoms with Gasteiger partial charge in [0, 0.05) is 24.0 Å². The summed E-state index contributed by atoms with van der Waals surface area (Å²) in [7, 11) is 0. The van der Waals surface area contributed by atoms with Gasteiger partial charge in [0.25, 0.3) is 5.69 Å². The third-order valence-corrected chi connectivity index (χ3v) is 2.54. The molecule has 0 aliphatic rings. The standard InChI is InChI=1S/C12H11N3O2/c1-8-5-11(13)12(15(16)17)6-10(8)9-3-2-4-14-7-9/h2-7H,13H2,1H3. The number of nitrogens with zero attached hydrogens (tertiary/aromatic N) is 2. The Labute approximate surface area is 98.1 Å². The molecule has 5 heteroatoms. The number of benzene rings is 1. The summed E-state index contributed by atoms with van der Waals surface area (Å²) in [6.45, 7) is 1.86. The predicted molar refractivity (Wildman–Crippen MR) is 65.5 cm³/mol. The van der Waals surface area contributed by atoms with Crippen molar-refractivity contribution in [1.82, 2.24) is 4.98 Å². The van der Waals surface area contributed by atoms with Crippen molar-refractivity contribution in [2.45, 2.75) is 6.92 Å². The zero-order valence-electron chi connectivity index (χ0n) is 9.25. The van der Waals surface area contributed by atoms with Crippen LogP contribution >= 0.6 is 0 Å². The van der Waals surface area contributed by atoms with Gasteiger partial charge in [-0.2, -0.15) is 0 Å². The van der Waals surface area contributed by atoms with Crippen molar-refractivity contribution in [1.29, 1.82) is 0 Å². The minimum Gasteiger partial charge on any atom is -0.393 e. The molecule has 0 aliphatic heterocycles. The van der Waals surface area contributed by atoms with Crippen LogP contribution in [0.25, 0.3) is 11.1 Å². The van der Waals surface area contributed by atoms with Crippen LogP contribution in [-0.2, 0) is 0 Å². The molecule has 0 radical (unpaired) electrons. The molecule has 0 amide bonds. The monoisotopic (exact) mass is 229 g/mol. The van der Waals surface area contributed by atoms with Crippen molar-refractivity contribution >= 4 is 11.4 Å². The Kier molecular flexibility index (Phi) is 2.74. The van der Waals surface area contributed by atoms with Crippen molar-refractivity contribution in [3.63, 3.8) is 0 Å². The number of nitrogen functional groups attached to an aromatic ring is 1. The summed E-state index contributed by atoms with van der Waals surface area (Å²) < 4.78 is 0. The van der Waals surface area contributed by atoms with E-state index in [0.29, 0.717) is 0 Å². The summed E-state index contributed by atoms with van der Waals surface area (Å²) >= 11 is 0. The van der Waals surface area contributed by atoms with E-state index in [1.807, 2.05) is 13.0 Å². The van der Waals surface area contributed by atoms with Gasteiger partial charge in [-0.1, -0.05) is 6.07 Å². The van der Waals surface area contributed by atoms with E-state index in [-0.39, 0.29) is 11.4 Å². The highest BCUT2D eigenvalue weighted by Crippen LogP contribution is 2.31. The Balaban J connectivity index is 2.63. The smallest absolute Gasteiger partial charge is 0.292 e. The summed E-state index contributed by atoms with van der Waals surface area (Å²) in [5.41, 5.74) is 8.23. The molecular weight excluding hydrogens is 218 g/mol. The van der Waals surface area contributed by atoms with Crippen molar-refractivity contribution < 1.29 is 4.92 Å². The molecule has 1 heterocycles. The number of rotatable bonds is 2. The summed E-state index contributed by atoms with van der Waals surface area (Å²) in [4.78, 5) is 14.3. The molecule has 1 aromatic heterocycles. The van der Waals surface area contributed by atoms with E-state index in [4.69, 9.17) is 5.73 Å². The van der Waals surface area contributed by atoms with Crippen LogP contribution in [0.15, 0.2) is 36.7 Å². The lowest BCUT2D eigenvalue weighted by Gasteiger charge is -2.07. The number of nitro benzene ring substituents is 1. The number of hydrogen-bond donors (Lipinski definition) is 1. The fraction of sp³-hybridized carbons (Fsp3) is 0.0833. The van der Waals surface area contributed by atoms with Crippen LogP contribution in [0.4, 0.5) is 11.4 Å². The Hall–Kier alpha value is -2.43. The molecular formula is C12H11N3O2. The Morgan fingerprint density at radius 2 is 2.18 bits per heavy atom. The van der Waals surface area contributed by atoms with Crippen molar-refractivity contribution in [2.24, 2.45) is 0 Å². The molecule has 0 aliphatic carbocycles. The Morgan fingerprint density at radius 3 is 2.76 bits per heavy atom. The first-order valence-corrected chi connectivity index (χ1v) is 5.04. The van der Waals surface area contributed by atoms with Gasteiger partial charge in [-0.25, -0.2) is 0 Å². The average Bonchev–Trinajstić information content (AvgIpc) is 2.29. The highest BCUT2D eigenvalue weighted by molar-refractivity contribution is 5.75. The average molecular weight is 229 g/mol. The van der Waals surface area contributed by atoms with Crippen molar-refractivity contribution in [3.8, 4) is 11.1 Å². The molecule has 0 saturated carbocycles. The second kappa shape index (κ2) is 4.21. The van der Waals surface area contributed by atoms with Crippen molar-refractivity contribution in [3.05, 3.63) is 52.3 Å². The minimum absolute atomic E-state index is 0.0746. The maximum atomic E-state index is 10.8. The van der Waals surface area contributed by atoms with E-state index in [9.17, 15) is 10.1 Å². The van der Waals surface area contributed by atoms with Crippen molar-refractivity contribution in [2.75, 3.05) is 5.73 Å². The molecule has 1 aromatic carbocycles. The molecule has 0 saturated heterocycles. The van der Waals surface area contributed by atoms with Gasteiger partial charge in [0.05, 0.1) is 4.92 Å². The second-order valence-electron chi connectivity index (χ2n) is 3.72. The molecule has 17 heavy (non-hydrogen) atoms. The van der Waals surface area contributed by atoms with E-state index in [0.717, 1.165) is 16.7 Å². The first kappa shape index (κ1) is 11.1. The third-order valence-electron chi connectivity index (χ3n) is 2.54. The number of aryl methyl sites for hydroxylation is 1. The van der Waals surface area contributed by atoms with Gasteiger partial charge in [-0.3, -0.25) is 15.1 Å². The normalized spacial score (nSPS) is 10.2. The quantitative estimate of drug-likeness (QED) is 0.487. The molecule has 0 spiro atoms. The lowest BCUT2D eigenvalue weighted by Crippen LogP contribution is -1.97. The lowest BCUT2D eigenvalue weighted by atomic mass is 10.0. The molecule has 2 rings (SSSR count). The van der Waals surface area contributed by atoms with Gasteiger partial charge in [-0.15, -0.1) is 0 Å². The first-order chi connectivity index (χ1) is 8.09. The van der Waals surface area contributed by atoms with Crippen LogP contribution in [0.5, 0.6) is 0 Å². The summed E-state index contributed by atoms with van der Waals surface area (Å²) in [6.07, 6.45) is 3.33. The topological polar surface area (TPSA) is 82.0 Å². The van der Waals surface area contributed by atoms with E-state index < -0.39 is 4.92 Å². The maximum absolute atomic E-state index is 10.8. The molecule has 2 N–H and O–H groups in total. The SMILES string of the molecule is Cc1cc(N)c([N+](=O)[O-])cc1-c1cccnc1. The molecule has 0 bridgehead atoms. The third kappa shape index (κ3) is 2.08. The van der Waals surface area contributed by atoms with Crippen LogP contribution in [0.3, 0.4) is 0 Å². The fourth-order valence-electron chi connectivity index (χ4n) is 1.71. The van der Waals surface area contributed by atoms with Crippen LogP contribution in [0, 0.1) is 17.0 Å². The molecule has 5 nitrogen and oxygen atoms in total. The van der Waals surface area contributed by atoms with Gasteiger partial charge in [0.15, 0.2) is 0 Å². The molecule has 0 unspecified atom stereocenters. The Bertz CT molecular complexity index is 567. The van der Waals surface area contributed by atoms with E-state index in [2.05, 4.69) is 4.98 Å². The first-order valence-electron chi connectivity index (χ1n) is 5.04. The zero-order valence-corrected chi connectivity index (χ0v) is 9.25. The largest absolute Gasteiger partial charge is 0.393 e.